The van der Waals surface area contributed by atoms with Crippen molar-refractivity contribution < 1.29 is 27.2 Å². The van der Waals surface area contributed by atoms with Crippen LogP contribution in [0.1, 0.15) is 44.9 Å². The molecule has 4 rings (SSSR count). The summed E-state index contributed by atoms with van der Waals surface area (Å²) in [6.07, 6.45) is 4.60. The third kappa shape index (κ3) is 4.03. The van der Waals surface area contributed by atoms with Crippen LogP contribution in [0.2, 0.25) is 0 Å². The number of hydrazine groups is 1. The summed E-state index contributed by atoms with van der Waals surface area (Å²) in [5.41, 5.74) is 1.45. The fraction of sp³-hybridized carbons (Fsp3) is 0.550. The molecule has 11 heteroatoms. The third-order valence-electron chi connectivity index (χ3n) is 6.30. The lowest BCUT2D eigenvalue weighted by Crippen LogP contribution is -2.53. The van der Waals surface area contributed by atoms with Crippen LogP contribution < -0.4 is 10.7 Å². The van der Waals surface area contributed by atoms with E-state index in [1.807, 2.05) is 0 Å². The van der Waals surface area contributed by atoms with Crippen LogP contribution in [0.4, 0.5) is 9.18 Å². The minimum atomic E-state index is -3.89. The molecule has 1 aromatic rings. The molecule has 1 saturated carbocycles. The zero-order valence-electron chi connectivity index (χ0n) is 17.0. The summed E-state index contributed by atoms with van der Waals surface area (Å²) in [5.74, 6) is -2.29. The van der Waals surface area contributed by atoms with Gasteiger partial charge in [-0.3, -0.25) is 15.0 Å². The van der Waals surface area contributed by atoms with Gasteiger partial charge in [0.25, 0.3) is 5.91 Å². The van der Waals surface area contributed by atoms with Crippen molar-refractivity contribution in [2.75, 3.05) is 13.1 Å². The van der Waals surface area contributed by atoms with Crippen molar-refractivity contribution in [3.63, 3.8) is 0 Å². The predicted molar refractivity (Wildman–Crippen MR) is 107 cm³/mol. The molecule has 0 radical (unpaired) electrons. The fourth-order valence-electron chi connectivity index (χ4n) is 4.55. The molecule has 0 aromatic heterocycles. The first-order valence-corrected chi connectivity index (χ1v) is 11.9. The van der Waals surface area contributed by atoms with Crippen molar-refractivity contribution in [1.29, 1.82) is 0 Å². The number of nitrogens with zero attached hydrogens (tertiary/aromatic N) is 2. The number of rotatable bonds is 4. The van der Waals surface area contributed by atoms with Gasteiger partial charge in [0.15, 0.2) is 0 Å². The quantitative estimate of drug-likeness (QED) is 0.672. The number of hydrogen-bond donors (Lipinski definition) is 2. The van der Waals surface area contributed by atoms with Gasteiger partial charge in [0, 0.05) is 13.1 Å². The molecule has 0 bridgehead atoms. The van der Waals surface area contributed by atoms with E-state index in [0.29, 0.717) is 25.7 Å². The van der Waals surface area contributed by atoms with Crippen molar-refractivity contribution in [3.05, 3.63) is 30.1 Å². The van der Waals surface area contributed by atoms with E-state index < -0.39 is 45.1 Å². The molecule has 9 nitrogen and oxygen atoms in total. The zero-order valence-corrected chi connectivity index (χ0v) is 17.8. The lowest BCUT2D eigenvalue weighted by molar-refractivity contribution is -0.141. The Morgan fingerprint density at radius 3 is 2.45 bits per heavy atom. The SMILES string of the molecule is O=C(NN1C(=O)NC2(CCCCC2)C1=O)[C@H]1CCCN(S(=O)(=O)c2ccc(F)cc2)C1. The van der Waals surface area contributed by atoms with Gasteiger partial charge in [0.2, 0.25) is 15.9 Å². The van der Waals surface area contributed by atoms with E-state index in [2.05, 4.69) is 10.7 Å². The normalized spacial score (nSPS) is 24.3. The number of hydrogen-bond acceptors (Lipinski definition) is 5. The molecule has 168 valence electrons. The van der Waals surface area contributed by atoms with Gasteiger partial charge >= 0.3 is 6.03 Å². The Hall–Kier alpha value is -2.53. The number of imide groups is 1. The number of halogens is 1. The lowest BCUT2D eigenvalue weighted by atomic mass is 9.82. The highest BCUT2D eigenvalue weighted by Crippen LogP contribution is 2.33. The van der Waals surface area contributed by atoms with Crippen LogP contribution in [0.3, 0.4) is 0 Å². The number of benzene rings is 1. The highest BCUT2D eigenvalue weighted by atomic mass is 32.2. The molecule has 2 aliphatic heterocycles. The van der Waals surface area contributed by atoms with Crippen molar-refractivity contribution >= 4 is 27.9 Å². The summed E-state index contributed by atoms with van der Waals surface area (Å²) in [4.78, 5) is 38.0. The second kappa shape index (κ2) is 8.19. The van der Waals surface area contributed by atoms with Gasteiger partial charge in [-0.25, -0.2) is 17.6 Å². The topological polar surface area (TPSA) is 116 Å². The average Bonchev–Trinajstić information content (AvgIpc) is 2.98. The average molecular weight is 453 g/mol. The lowest BCUT2D eigenvalue weighted by Gasteiger charge is -2.32. The van der Waals surface area contributed by atoms with E-state index in [-0.39, 0.29) is 18.0 Å². The van der Waals surface area contributed by atoms with Crippen LogP contribution in [0.25, 0.3) is 0 Å². The maximum Gasteiger partial charge on any atom is 0.344 e. The van der Waals surface area contributed by atoms with E-state index in [1.54, 1.807) is 0 Å². The molecule has 2 N–H and O–H groups in total. The molecule has 0 unspecified atom stereocenters. The molecule has 4 amide bonds. The van der Waals surface area contributed by atoms with Gasteiger partial charge in [-0.1, -0.05) is 19.3 Å². The predicted octanol–water partition coefficient (Wildman–Crippen LogP) is 1.51. The fourth-order valence-corrected chi connectivity index (χ4v) is 6.07. The van der Waals surface area contributed by atoms with Gasteiger partial charge in [-0.2, -0.15) is 9.31 Å². The maximum absolute atomic E-state index is 13.1. The highest BCUT2D eigenvalue weighted by Gasteiger charge is 2.52. The Bertz CT molecular complexity index is 991. The molecule has 31 heavy (non-hydrogen) atoms. The van der Waals surface area contributed by atoms with Gasteiger partial charge in [-0.15, -0.1) is 0 Å². The first kappa shape index (κ1) is 21.7. The standard InChI is InChI=1S/C20H25FN4O5S/c21-15-6-8-16(9-7-15)31(29,30)24-12-4-5-14(13-24)17(26)23-25-18(27)20(22-19(25)28)10-2-1-3-11-20/h6-9,14H,1-5,10-13H2,(H,22,28)(H,23,26)/t14-/m0/s1. The number of urea groups is 1. The van der Waals surface area contributed by atoms with Crippen LogP contribution in [-0.4, -0.2) is 54.2 Å². The summed E-state index contributed by atoms with van der Waals surface area (Å²) in [7, 11) is -3.89. The largest absolute Gasteiger partial charge is 0.344 e. The van der Waals surface area contributed by atoms with Crippen molar-refractivity contribution in [1.82, 2.24) is 20.1 Å². The second-order valence-electron chi connectivity index (χ2n) is 8.35. The first-order valence-electron chi connectivity index (χ1n) is 10.5. The number of nitrogens with one attached hydrogen (secondary N) is 2. The summed E-state index contributed by atoms with van der Waals surface area (Å²) >= 11 is 0. The van der Waals surface area contributed by atoms with Crippen LogP contribution in [0.5, 0.6) is 0 Å². The Kier molecular flexibility index (Phi) is 5.73. The van der Waals surface area contributed by atoms with Crippen molar-refractivity contribution in [2.24, 2.45) is 5.92 Å². The molecule has 1 aliphatic carbocycles. The van der Waals surface area contributed by atoms with Gasteiger partial charge in [0.05, 0.1) is 10.8 Å². The van der Waals surface area contributed by atoms with E-state index in [1.165, 1.54) is 16.4 Å². The number of piperidine rings is 1. The van der Waals surface area contributed by atoms with Gasteiger partial charge < -0.3 is 5.32 Å². The molecular formula is C20H25FN4O5S. The van der Waals surface area contributed by atoms with Crippen molar-refractivity contribution in [3.8, 4) is 0 Å². The minimum absolute atomic E-state index is 0.0525. The Labute approximate surface area is 180 Å². The van der Waals surface area contributed by atoms with Crippen LogP contribution >= 0.6 is 0 Å². The number of carbonyl (C=O) groups is 3. The zero-order chi connectivity index (χ0) is 22.2. The number of sulfonamides is 1. The van der Waals surface area contributed by atoms with Gasteiger partial charge in [0.1, 0.15) is 11.4 Å². The molecule has 3 aliphatic rings. The molecular weight excluding hydrogens is 427 g/mol. The van der Waals surface area contributed by atoms with E-state index in [4.69, 9.17) is 0 Å². The Morgan fingerprint density at radius 1 is 1.10 bits per heavy atom. The van der Waals surface area contributed by atoms with E-state index >= 15 is 0 Å². The molecule has 2 saturated heterocycles. The van der Waals surface area contributed by atoms with Crippen LogP contribution in [0.15, 0.2) is 29.2 Å². The van der Waals surface area contributed by atoms with E-state index in [9.17, 15) is 27.2 Å². The maximum atomic E-state index is 13.1. The molecule has 1 aromatic carbocycles. The summed E-state index contributed by atoms with van der Waals surface area (Å²) < 4.78 is 40.1. The van der Waals surface area contributed by atoms with Crippen LogP contribution in [-0.2, 0) is 19.6 Å². The monoisotopic (exact) mass is 452 g/mol. The number of carbonyl (C=O) groups excluding carboxylic acids is 3. The Morgan fingerprint density at radius 2 is 1.77 bits per heavy atom. The van der Waals surface area contributed by atoms with Crippen LogP contribution in [0, 0.1) is 11.7 Å². The molecule has 2 heterocycles. The summed E-state index contributed by atoms with van der Waals surface area (Å²) in [6, 6.07) is 3.85. The smallest absolute Gasteiger partial charge is 0.322 e. The van der Waals surface area contributed by atoms with Gasteiger partial charge in [-0.05, 0) is 49.9 Å². The van der Waals surface area contributed by atoms with E-state index in [0.717, 1.165) is 36.4 Å². The minimum Gasteiger partial charge on any atom is -0.322 e. The number of amides is 4. The molecule has 3 fully saturated rings. The Balaban J connectivity index is 1.44. The summed E-state index contributed by atoms with van der Waals surface area (Å²) in [6.45, 7) is 0.149. The first-order chi connectivity index (χ1) is 14.7. The third-order valence-corrected chi connectivity index (χ3v) is 8.18. The summed E-state index contributed by atoms with van der Waals surface area (Å²) in [5, 5.41) is 3.46. The highest BCUT2D eigenvalue weighted by molar-refractivity contribution is 7.89. The van der Waals surface area contributed by atoms with Crippen molar-refractivity contribution in [2.45, 2.75) is 55.4 Å². The second-order valence-corrected chi connectivity index (χ2v) is 10.3. The molecule has 1 atom stereocenters. The molecule has 1 spiro atoms.